The van der Waals surface area contributed by atoms with Crippen molar-refractivity contribution in [2.45, 2.75) is 0 Å². The van der Waals surface area contributed by atoms with E-state index in [0.29, 0.717) is 16.0 Å². The average Bonchev–Trinajstić information content (AvgIpc) is 2.61. The Balaban J connectivity index is 1.93. The summed E-state index contributed by atoms with van der Waals surface area (Å²) in [5, 5.41) is 3.30. The third-order valence-corrected chi connectivity index (χ3v) is 4.27. The monoisotopic (exact) mass is 350 g/mol. The van der Waals surface area contributed by atoms with Crippen LogP contribution in [-0.2, 0) is 0 Å². The van der Waals surface area contributed by atoms with Gasteiger partial charge in [-0.2, -0.15) is 0 Å². The summed E-state index contributed by atoms with van der Waals surface area (Å²) >= 11 is 12.3. The topological polar surface area (TPSA) is 25.8 Å². The summed E-state index contributed by atoms with van der Waals surface area (Å²) in [7, 11) is 0. The Bertz CT molecular complexity index is 1040. The van der Waals surface area contributed by atoms with E-state index in [1.54, 1.807) is 6.07 Å². The van der Waals surface area contributed by atoms with Gasteiger partial charge in [-0.1, -0.05) is 77.8 Å². The van der Waals surface area contributed by atoms with Crippen LogP contribution in [-0.4, -0.2) is 9.97 Å². The van der Waals surface area contributed by atoms with E-state index in [2.05, 4.69) is 23.2 Å². The van der Waals surface area contributed by atoms with E-state index < -0.39 is 0 Å². The number of nitrogens with zero attached hydrogens (tertiary/aromatic N) is 2. The van der Waals surface area contributed by atoms with Gasteiger partial charge in [0.25, 0.3) is 0 Å². The van der Waals surface area contributed by atoms with E-state index in [-0.39, 0.29) is 0 Å². The Morgan fingerprint density at radius 2 is 1.50 bits per heavy atom. The highest BCUT2D eigenvalue weighted by molar-refractivity contribution is 6.31. The van der Waals surface area contributed by atoms with Crippen LogP contribution < -0.4 is 0 Å². The Morgan fingerprint density at radius 1 is 0.708 bits per heavy atom. The van der Waals surface area contributed by atoms with Crippen molar-refractivity contribution in [2.75, 3.05) is 0 Å². The molecule has 4 heteroatoms. The molecule has 0 bridgehead atoms. The van der Waals surface area contributed by atoms with Crippen LogP contribution in [0.25, 0.3) is 33.4 Å². The molecule has 0 saturated heterocycles. The Morgan fingerprint density at radius 3 is 2.38 bits per heavy atom. The first-order valence-corrected chi connectivity index (χ1v) is 8.25. The molecular weight excluding hydrogens is 339 g/mol. The van der Waals surface area contributed by atoms with Gasteiger partial charge in [0.15, 0.2) is 5.82 Å². The highest BCUT2D eigenvalue weighted by Gasteiger charge is 2.10. The molecule has 1 heterocycles. The van der Waals surface area contributed by atoms with Gasteiger partial charge in [-0.05, 0) is 22.9 Å². The molecule has 0 saturated carbocycles. The molecule has 4 aromatic rings. The molecule has 2 nitrogen and oxygen atoms in total. The number of rotatable bonds is 2. The van der Waals surface area contributed by atoms with Gasteiger partial charge in [-0.15, -0.1) is 0 Å². The normalized spacial score (nSPS) is 10.9. The van der Waals surface area contributed by atoms with E-state index in [4.69, 9.17) is 28.2 Å². The van der Waals surface area contributed by atoms with Gasteiger partial charge < -0.3 is 0 Å². The summed E-state index contributed by atoms with van der Waals surface area (Å²) in [6.45, 7) is 0. The molecule has 0 atom stereocenters. The predicted molar refractivity (Wildman–Crippen MR) is 100 cm³/mol. The van der Waals surface area contributed by atoms with Crippen molar-refractivity contribution in [2.24, 2.45) is 0 Å². The van der Waals surface area contributed by atoms with E-state index in [1.165, 1.54) is 0 Å². The largest absolute Gasteiger partial charge is 0.228 e. The van der Waals surface area contributed by atoms with Crippen LogP contribution in [0.3, 0.4) is 0 Å². The van der Waals surface area contributed by atoms with Gasteiger partial charge in [0, 0.05) is 22.2 Å². The minimum absolute atomic E-state index is 0.405. The second kappa shape index (κ2) is 6.23. The molecule has 0 aliphatic heterocycles. The fourth-order valence-electron chi connectivity index (χ4n) is 2.75. The predicted octanol–water partition coefficient (Wildman–Crippen LogP) is 6.27. The zero-order valence-corrected chi connectivity index (χ0v) is 14.1. The molecular formula is C20H12Cl2N2. The molecule has 0 radical (unpaired) electrons. The zero-order chi connectivity index (χ0) is 16.5. The van der Waals surface area contributed by atoms with Crippen molar-refractivity contribution in [3.63, 3.8) is 0 Å². The fourth-order valence-corrected chi connectivity index (χ4v) is 3.13. The lowest BCUT2D eigenvalue weighted by molar-refractivity contribution is 1.18. The third-order valence-electron chi connectivity index (χ3n) is 3.85. The second-order valence-corrected chi connectivity index (χ2v) is 6.26. The number of hydrogen-bond donors (Lipinski definition) is 0. The van der Waals surface area contributed by atoms with E-state index >= 15 is 0 Å². The number of benzene rings is 3. The van der Waals surface area contributed by atoms with Crippen molar-refractivity contribution in [3.05, 3.63) is 83.0 Å². The van der Waals surface area contributed by atoms with Gasteiger partial charge >= 0.3 is 0 Å². The summed E-state index contributed by atoms with van der Waals surface area (Å²) in [4.78, 5) is 9.13. The smallest absolute Gasteiger partial charge is 0.162 e. The summed E-state index contributed by atoms with van der Waals surface area (Å²) in [5.41, 5.74) is 2.62. The fraction of sp³-hybridized carbons (Fsp3) is 0. The lowest BCUT2D eigenvalue weighted by atomic mass is 10.0. The van der Waals surface area contributed by atoms with Crippen molar-refractivity contribution in [1.29, 1.82) is 0 Å². The second-order valence-electron chi connectivity index (χ2n) is 5.44. The molecule has 4 rings (SSSR count). The van der Waals surface area contributed by atoms with Crippen LogP contribution in [0.2, 0.25) is 10.2 Å². The molecule has 24 heavy (non-hydrogen) atoms. The average molecular weight is 351 g/mol. The molecule has 116 valence electrons. The molecule has 0 unspecified atom stereocenters. The molecule has 0 amide bonds. The lowest BCUT2D eigenvalue weighted by Crippen LogP contribution is -1.94. The number of halogens is 2. The van der Waals surface area contributed by atoms with Crippen molar-refractivity contribution >= 4 is 34.0 Å². The van der Waals surface area contributed by atoms with Gasteiger partial charge in [0.05, 0.1) is 5.69 Å². The van der Waals surface area contributed by atoms with E-state index in [1.807, 2.05) is 48.5 Å². The van der Waals surface area contributed by atoms with Crippen LogP contribution in [0.4, 0.5) is 0 Å². The van der Waals surface area contributed by atoms with Crippen LogP contribution >= 0.6 is 23.2 Å². The maximum absolute atomic E-state index is 6.26. The standard InChI is InChI=1S/C20H12Cl2N2/c21-15-8-3-7-14(11-15)18-12-19(22)24-20(23-18)17-10-4-6-13-5-1-2-9-16(13)17/h1-12H. The molecule has 0 fully saturated rings. The Kier molecular flexibility index (Phi) is 3.93. The van der Waals surface area contributed by atoms with E-state index in [0.717, 1.165) is 27.6 Å². The first-order valence-electron chi connectivity index (χ1n) is 7.49. The third kappa shape index (κ3) is 2.86. The van der Waals surface area contributed by atoms with Crippen LogP contribution in [0.15, 0.2) is 72.8 Å². The number of hydrogen-bond acceptors (Lipinski definition) is 2. The molecule has 0 N–H and O–H groups in total. The minimum Gasteiger partial charge on any atom is -0.228 e. The highest BCUT2D eigenvalue weighted by atomic mass is 35.5. The summed E-state index contributed by atoms with van der Waals surface area (Å²) in [6.07, 6.45) is 0. The SMILES string of the molecule is Clc1cccc(-c2cc(Cl)nc(-c3cccc4ccccc34)n2)c1. The zero-order valence-electron chi connectivity index (χ0n) is 12.6. The van der Waals surface area contributed by atoms with Gasteiger partial charge in [-0.25, -0.2) is 9.97 Å². The summed E-state index contributed by atoms with van der Waals surface area (Å²) < 4.78 is 0. The number of fused-ring (bicyclic) bond motifs is 1. The maximum Gasteiger partial charge on any atom is 0.162 e. The van der Waals surface area contributed by atoms with E-state index in [9.17, 15) is 0 Å². The Hall–Kier alpha value is -2.42. The summed E-state index contributed by atoms with van der Waals surface area (Å²) in [5.74, 6) is 0.606. The molecule has 0 aliphatic rings. The number of aromatic nitrogens is 2. The molecule has 1 aromatic heterocycles. The quantitative estimate of drug-likeness (QED) is 0.398. The highest BCUT2D eigenvalue weighted by Crippen LogP contribution is 2.30. The van der Waals surface area contributed by atoms with Gasteiger partial charge in [0.2, 0.25) is 0 Å². The van der Waals surface area contributed by atoms with Crippen LogP contribution in [0.1, 0.15) is 0 Å². The van der Waals surface area contributed by atoms with Crippen LogP contribution in [0, 0.1) is 0 Å². The van der Waals surface area contributed by atoms with Crippen LogP contribution in [0.5, 0.6) is 0 Å². The first kappa shape index (κ1) is 15.1. The van der Waals surface area contributed by atoms with Crippen molar-refractivity contribution in [3.8, 4) is 22.6 Å². The lowest BCUT2D eigenvalue weighted by Gasteiger charge is -2.08. The van der Waals surface area contributed by atoms with Crippen molar-refractivity contribution < 1.29 is 0 Å². The molecule has 3 aromatic carbocycles. The minimum atomic E-state index is 0.405. The molecule has 0 spiro atoms. The van der Waals surface area contributed by atoms with Crippen molar-refractivity contribution in [1.82, 2.24) is 9.97 Å². The first-order chi connectivity index (χ1) is 11.7. The maximum atomic E-state index is 6.26. The summed E-state index contributed by atoms with van der Waals surface area (Å²) in [6, 6.07) is 23.5. The van der Waals surface area contributed by atoms with Gasteiger partial charge in [-0.3, -0.25) is 0 Å². The van der Waals surface area contributed by atoms with Gasteiger partial charge in [0.1, 0.15) is 5.15 Å². The molecule has 0 aliphatic carbocycles. The Labute approximate surface area is 149 Å².